The van der Waals surface area contributed by atoms with Gasteiger partial charge in [-0.05, 0) is 29.9 Å². The van der Waals surface area contributed by atoms with Gasteiger partial charge in [-0.1, -0.05) is 38.1 Å². The van der Waals surface area contributed by atoms with E-state index in [0.717, 1.165) is 12.8 Å². The molecule has 2 rings (SSSR count). The van der Waals surface area contributed by atoms with Gasteiger partial charge in [0.15, 0.2) is 0 Å². The number of likely N-dealkylation sites (tertiary alicyclic amines) is 1. The maximum Gasteiger partial charge on any atom is 0.222 e. The third-order valence-corrected chi connectivity index (χ3v) is 3.79. The van der Waals surface area contributed by atoms with E-state index in [2.05, 4.69) is 38.1 Å². The minimum absolute atomic E-state index is 0.157. The smallest absolute Gasteiger partial charge is 0.222 e. The van der Waals surface area contributed by atoms with Crippen LogP contribution in [0.4, 0.5) is 0 Å². The summed E-state index contributed by atoms with van der Waals surface area (Å²) in [6.07, 6.45) is 1.71. The lowest BCUT2D eigenvalue weighted by Crippen LogP contribution is -2.29. The first-order valence-corrected chi connectivity index (χ1v) is 7.11. The number of benzene rings is 1. The Morgan fingerprint density at radius 1 is 1.37 bits per heavy atom. The van der Waals surface area contributed by atoms with Crippen LogP contribution >= 0.6 is 0 Å². The van der Waals surface area contributed by atoms with E-state index in [9.17, 15) is 9.90 Å². The highest BCUT2D eigenvalue weighted by Crippen LogP contribution is 2.16. The molecule has 0 aliphatic carbocycles. The Hall–Kier alpha value is -1.35. The Morgan fingerprint density at radius 3 is 2.58 bits per heavy atom. The third-order valence-electron chi connectivity index (χ3n) is 3.79. The number of hydrogen-bond acceptors (Lipinski definition) is 2. The zero-order chi connectivity index (χ0) is 13.8. The van der Waals surface area contributed by atoms with E-state index < -0.39 is 0 Å². The largest absolute Gasteiger partial charge is 0.391 e. The lowest BCUT2D eigenvalue weighted by molar-refractivity contribution is -0.130. The zero-order valence-electron chi connectivity index (χ0n) is 11.8. The monoisotopic (exact) mass is 261 g/mol. The normalized spacial score (nSPS) is 19.2. The van der Waals surface area contributed by atoms with Crippen LogP contribution in [0.3, 0.4) is 0 Å². The van der Waals surface area contributed by atoms with E-state index in [4.69, 9.17) is 0 Å². The quantitative estimate of drug-likeness (QED) is 0.903. The molecule has 0 saturated carbocycles. The van der Waals surface area contributed by atoms with Gasteiger partial charge in [0.1, 0.15) is 0 Å². The van der Waals surface area contributed by atoms with Gasteiger partial charge < -0.3 is 10.0 Å². The van der Waals surface area contributed by atoms with E-state index in [0.29, 0.717) is 25.4 Å². The molecule has 1 aromatic carbocycles. The van der Waals surface area contributed by atoms with E-state index in [-0.39, 0.29) is 12.0 Å². The SMILES string of the molecule is CC(C)c1ccc(CCC(=O)N2CC[C@@H](O)C2)cc1. The van der Waals surface area contributed by atoms with Crippen LogP contribution in [0, 0.1) is 0 Å². The van der Waals surface area contributed by atoms with Crippen molar-refractivity contribution in [1.29, 1.82) is 0 Å². The molecule has 0 aromatic heterocycles. The van der Waals surface area contributed by atoms with Crippen molar-refractivity contribution in [2.75, 3.05) is 13.1 Å². The van der Waals surface area contributed by atoms with Crippen molar-refractivity contribution in [3.63, 3.8) is 0 Å². The first-order valence-electron chi connectivity index (χ1n) is 7.11. The van der Waals surface area contributed by atoms with Crippen molar-refractivity contribution in [1.82, 2.24) is 4.90 Å². The molecule has 1 aliphatic rings. The summed E-state index contributed by atoms with van der Waals surface area (Å²) in [5.41, 5.74) is 2.54. The number of hydrogen-bond donors (Lipinski definition) is 1. The second-order valence-electron chi connectivity index (χ2n) is 5.68. The summed E-state index contributed by atoms with van der Waals surface area (Å²) < 4.78 is 0. The Bertz CT molecular complexity index is 425. The molecule has 19 heavy (non-hydrogen) atoms. The minimum atomic E-state index is -0.325. The van der Waals surface area contributed by atoms with Gasteiger partial charge in [0.25, 0.3) is 0 Å². The van der Waals surface area contributed by atoms with Crippen LogP contribution in [0.1, 0.15) is 43.7 Å². The molecule has 0 unspecified atom stereocenters. The maximum atomic E-state index is 12.0. The van der Waals surface area contributed by atoms with Crippen molar-refractivity contribution in [3.8, 4) is 0 Å². The van der Waals surface area contributed by atoms with Crippen LogP contribution in [0.5, 0.6) is 0 Å². The van der Waals surface area contributed by atoms with Gasteiger partial charge in [0, 0.05) is 19.5 Å². The highest BCUT2D eigenvalue weighted by molar-refractivity contribution is 5.76. The number of amides is 1. The first-order chi connectivity index (χ1) is 9.06. The fourth-order valence-corrected chi connectivity index (χ4v) is 2.45. The minimum Gasteiger partial charge on any atom is -0.391 e. The summed E-state index contributed by atoms with van der Waals surface area (Å²) in [7, 11) is 0. The van der Waals surface area contributed by atoms with Gasteiger partial charge >= 0.3 is 0 Å². The molecule has 3 heteroatoms. The number of aliphatic hydroxyl groups is 1. The number of β-amino-alcohol motifs (C(OH)–C–C–N with tert-alkyl or cyclic N) is 1. The first kappa shape index (κ1) is 14.1. The highest BCUT2D eigenvalue weighted by atomic mass is 16.3. The molecular weight excluding hydrogens is 238 g/mol. The van der Waals surface area contributed by atoms with Crippen molar-refractivity contribution < 1.29 is 9.90 Å². The molecular formula is C16H23NO2. The van der Waals surface area contributed by atoms with E-state index in [1.807, 2.05) is 0 Å². The fraction of sp³-hybridized carbons (Fsp3) is 0.562. The number of aliphatic hydroxyl groups excluding tert-OH is 1. The van der Waals surface area contributed by atoms with Gasteiger partial charge in [0.05, 0.1) is 6.10 Å². The van der Waals surface area contributed by atoms with Gasteiger partial charge in [0.2, 0.25) is 5.91 Å². The Balaban J connectivity index is 1.83. The topological polar surface area (TPSA) is 40.5 Å². The Morgan fingerprint density at radius 2 is 2.05 bits per heavy atom. The zero-order valence-corrected chi connectivity index (χ0v) is 11.8. The number of nitrogens with zero attached hydrogens (tertiary/aromatic N) is 1. The molecule has 1 saturated heterocycles. The molecule has 1 aromatic rings. The predicted octanol–water partition coefficient (Wildman–Crippen LogP) is 2.34. The number of aryl methyl sites for hydroxylation is 1. The molecule has 0 spiro atoms. The molecule has 3 nitrogen and oxygen atoms in total. The highest BCUT2D eigenvalue weighted by Gasteiger charge is 2.23. The van der Waals surface area contributed by atoms with Crippen LogP contribution in [0.15, 0.2) is 24.3 Å². The standard InChI is InChI=1S/C16H23NO2/c1-12(2)14-6-3-13(4-7-14)5-8-16(19)17-10-9-15(18)11-17/h3-4,6-7,12,15,18H,5,8-11H2,1-2H3/t15-/m1/s1. The lowest BCUT2D eigenvalue weighted by Gasteiger charge is -2.15. The van der Waals surface area contributed by atoms with Gasteiger partial charge in [-0.25, -0.2) is 0 Å². The van der Waals surface area contributed by atoms with Crippen LogP contribution < -0.4 is 0 Å². The van der Waals surface area contributed by atoms with Gasteiger partial charge in [-0.3, -0.25) is 4.79 Å². The average molecular weight is 261 g/mol. The molecule has 1 amide bonds. The molecule has 0 radical (unpaired) electrons. The van der Waals surface area contributed by atoms with Crippen molar-refractivity contribution in [3.05, 3.63) is 35.4 Å². The van der Waals surface area contributed by atoms with Crippen LogP contribution in [-0.4, -0.2) is 35.1 Å². The number of carbonyl (C=O) groups is 1. The predicted molar refractivity (Wildman–Crippen MR) is 76.1 cm³/mol. The maximum absolute atomic E-state index is 12.0. The summed E-state index contributed by atoms with van der Waals surface area (Å²) in [5, 5.41) is 9.42. The molecule has 0 bridgehead atoms. The Kier molecular flexibility index (Phi) is 4.59. The van der Waals surface area contributed by atoms with E-state index in [1.165, 1.54) is 11.1 Å². The summed E-state index contributed by atoms with van der Waals surface area (Å²) in [6.45, 7) is 5.56. The molecule has 1 atom stereocenters. The average Bonchev–Trinajstić information content (AvgIpc) is 2.83. The van der Waals surface area contributed by atoms with E-state index in [1.54, 1.807) is 4.90 Å². The van der Waals surface area contributed by atoms with Crippen molar-refractivity contribution in [2.24, 2.45) is 0 Å². The lowest BCUT2D eigenvalue weighted by atomic mass is 10.0. The third kappa shape index (κ3) is 3.80. The molecule has 1 aliphatic heterocycles. The van der Waals surface area contributed by atoms with E-state index >= 15 is 0 Å². The Labute approximate surface area is 115 Å². The molecule has 104 valence electrons. The molecule has 1 fully saturated rings. The second kappa shape index (κ2) is 6.20. The number of rotatable bonds is 4. The van der Waals surface area contributed by atoms with Gasteiger partial charge in [-0.15, -0.1) is 0 Å². The van der Waals surface area contributed by atoms with Crippen molar-refractivity contribution >= 4 is 5.91 Å². The summed E-state index contributed by atoms with van der Waals surface area (Å²) >= 11 is 0. The van der Waals surface area contributed by atoms with Crippen molar-refractivity contribution in [2.45, 2.75) is 45.1 Å². The van der Waals surface area contributed by atoms with Crippen LogP contribution in [0.2, 0.25) is 0 Å². The van der Waals surface area contributed by atoms with Gasteiger partial charge in [-0.2, -0.15) is 0 Å². The fourth-order valence-electron chi connectivity index (χ4n) is 2.45. The number of carbonyl (C=O) groups excluding carboxylic acids is 1. The summed E-state index contributed by atoms with van der Waals surface area (Å²) in [6, 6.07) is 8.51. The second-order valence-corrected chi connectivity index (χ2v) is 5.68. The summed E-state index contributed by atoms with van der Waals surface area (Å²) in [4.78, 5) is 13.7. The summed E-state index contributed by atoms with van der Waals surface area (Å²) in [5.74, 6) is 0.700. The molecule has 1 N–H and O–H groups in total. The van der Waals surface area contributed by atoms with Crippen LogP contribution in [0.25, 0.3) is 0 Å². The van der Waals surface area contributed by atoms with Crippen LogP contribution in [-0.2, 0) is 11.2 Å². The molecule has 1 heterocycles.